The molecule has 1 atom stereocenters. The van der Waals surface area contributed by atoms with Gasteiger partial charge in [-0.15, -0.1) is 0 Å². The van der Waals surface area contributed by atoms with Crippen molar-refractivity contribution in [2.75, 3.05) is 0 Å². The molecule has 1 aromatic heterocycles. The SMILES string of the molecule is Cc1ccc(CN2C(=O)c3oc4cc(C)cc(C)c4c(=O)c3[C@@H]2c2cccc(O)c2)cc1. The van der Waals surface area contributed by atoms with Crippen molar-refractivity contribution >= 4 is 16.9 Å². The summed E-state index contributed by atoms with van der Waals surface area (Å²) in [5.74, 6) is -0.171. The van der Waals surface area contributed by atoms with Crippen LogP contribution >= 0.6 is 0 Å². The Bertz CT molecular complexity index is 1430. The molecule has 3 aromatic carbocycles. The van der Waals surface area contributed by atoms with Crippen LogP contribution < -0.4 is 5.43 Å². The van der Waals surface area contributed by atoms with Gasteiger partial charge in [0.25, 0.3) is 5.91 Å². The van der Waals surface area contributed by atoms with Gasteiger partial charge in [0.15, 0.2) is 5.43 Å². The van der Waals surface area contributed by atoms with Gasteiger partial charge in [-0.3, -0.25) is 9.59 Å². The minimum absolute atomic E-state index is 0.0768. The van der Waals surface area contributed by atoms with Crippen molar-refractivity contribution in [3.63, 3.8) is 0 Å². The van der Waals surface area contributed by atoms with Crippen molar-refractivity contribution in [3.05, 3.63) is 110 Å². The number of phenols is 1. The number of rotatable bonds is 3. The summed E-state index contributed by atoms with van der Waals surface area (Å²) in [6, 6.07) is 17.7. The number of carbonyl (C=O) groups is 1. The molecule has 0 fully saturated rings. The summed E-state index contributed by atoms with van der Waals surface area (Å²) in [7, 11) is 0. The molecule has 0 spiro atoms. The summed E-state index contributed by atoms with van der Waals surface area (Å²) >= 11 is 0. The number of aromatic hydroxyl groups is 1. The zero-order chi connectivity index (χ0) is 22.6. The van der Waals surface area contributed by atoms with Crippen LogP contribution in [0, 0.1) is 20.8 Å². The number of benzene rings is 3. The van der Waals surface area contributed by atoms with E-state index in [0.29, 0.717) is 28.6 Å². The molecule has 5 rings (SSSR count). The third-order valence-electron chi connectivity index (χ3n) is 6.07. The van der Waals surface area contributed by atoms with Crippen LogP contribution in [-0.4, -0.2) is 15.9 Å². The lowest BCUT2D eigenvalue weighted by Gasteiger charge is -2.25. The Morgan fingerprint density at radius 3 is 2.41 bits per heavy atom. The van der Waals surface area contributed by atoms with Crippen LogP contribution in [0.2, 0.25) is 0 Å². The molecule has 5 heteroatoms. The third-order valence-corrected chi connectivity index (χ3v) is 6.07. The van der Waals surface area contributed by atoms with E-state index in [9.17, 15) is 14.7 Å². The quantitative estimate of drug-likeness (QED) is 0.492. The standard InChI is InChI=1S/C27H23NO4/c1-15-7-9-18(10-8-15)14-28-24(19-5-4-6-20(29)13-19)23-25(30)22-17(3)11-16(2)12-21(22)32-26(23)27(28)31/h4-13,24,29H,14H2,1-3H3/t24-/m0/s1. The predicted octanol–water partition coefficient (Wildman–Crippen LogP) is 5.17. The van der Waals surface area contributed by atoms with E-state index >= 15 is 0 Å². The van der Waals surface area contributed by atoms with Gasteiger partial charge in [-0.2, -0.15) is 0 Å². The maximum Gasteiger partial charge on any atom is 0.291 e. The summed E-state index contributed by atoms with van der Waals surface area (Å²) in [6.07, 6.45) is 0. The van der Waals surface area contributed by atoms with Crippen LogP contribution in [-0.2, 0) is 6.54 Å². The summed E-state index contributed by atoms with van der Waals surface area (Å²) in [4.78, 5) is 28.9. The molecular formula is C27H23NO4. The number of nitrogens with zero attached hydrogens (tertiary/aromatic N) is 1. The fourth-order valence-corrected chi connectivity index (χ4v) is 4.61. The summed E-state index contributed by atoms with van der Waals surface area (Å²) in [6.45, 7) is 6.13. The van der Waals surface area contributed by atoms with E-state index in [1.807, 2.05) is 57.2 Å². The molecule has 160 valence electrons. The van der Waals surface area contributed by atoms with Crippen molar-refractivity contribution in [2.45, 2.75) is 33.4 Å². The van der Waals surface area contributed by atoms with Crippen molar-refractivity contribution in [3.8, 4) is 5.75 Å². The lowest BCUT2D eigenvalue weighted by atomic mass is 9.96. The first-order valence-electron chi connectivity index (χ1n) is 10.6. The van der Waals surface area contributed by atoms with Gasteiger partial charge in [-0.05, 0) is 61.2 Å². The van der Waals surface area contributed by atoms with Crippen LogP contribution in [0.1, 0.15) is 50.0 Å². The number of hydrogen-bond donors (Lipinski definition) is 1. The minimum Gasteiger partial charge on any atom is -0.508 e. The molecule has 1 aliphatic heterocycles. The van der Waals surface area contributed by atoms with Gasteiger partial charge in [0, 0.05) is 6.54 Å². The van der Waals surface area contributed by atoms with E-state index in [-0.39, 0.29) is 22.8 Å². The second kappa shape index (κ2) is 7.38. The Hall–Kier alpha value is -3.86. The van der Waals surface area contributed by atoms with Crippen LogP contribution in [0.4, 0.5) is 0 Å². The number of phenolic OH excluding ortho intramolecular Hbond substituents is 1. The van der Waals surface area contributed by atoms with Gasteiger partial charge in [-0.1, -0.05) is 48.0 Å². The van der Waals surface area contributed by atoms with Crippen molar-refractivity contribution in [2.24, 2.45) is 0 Å². The lowest BCUT2D eigenvalue weighted by Crippen LogP contribution is -2.29. The number of fused-ring (bicyclic) bond motifs is 2. The average Bonchev–Trinajstić information content (AvgIpc) is 3.01. The maximum atomic E-state index is 13.7. The molecule has 0 saturated carbocycles. The van der Waals surface area contributed by atoms with Crippen LogP contribution in [0.5, 0.6) is 5.75 Å². The van der Waals surface area contributed by atoms with E-state index in [2.05, 4.69) is 0 Å². The van der Waals surface area contributed by atoms with Gasteiger partial charge in [0.1, 0.15) is 11.3 Å². The highest BCUT2D eigenvalue weighted by atomic mass is 16.3. The molecule has 1 amide bonds. The van der Waals surface area contributed by atoms with E-state index < -0.39 is 6.04 Å². The Kier molecular flexibility index (Phi) is 4.63. The monoisotopic (exact) mass is 425 g/mol. The first-order valence-corrected chi connectivity index (χ1v) is 10.6. The summed E-state index contributed by atoms with van der Waals surface area (Å²) < 4.78 is 6.07. The predicted molar refractivity (Wildman–Crippen MR) is 123 cm³/mol. The molecule has 4 aromatic rings. The largest absolute Gasteiger partial charge is 0.508 e. The number of hydrogen-bond acceptors (Lipinski definition) is 4. The van der Waals surface area contributed by atoms with Gasteiger partial charge < -0.3 is 14.4 Å². The smallest absolute Gasteiger partial charge is 0.291 e. The molecule has 0 unspecified atom stereocenters. The second-order valence-electron chi connectivity index (χ2n) is 8.55. The first kappa shape index (κ1) is 20.1. The number of aryl methyl sites for hydroxylation is 3. The van der Waals surface area contributed by atoms with Gasteiger partial charge in [0.05, 0.1) is 17.0 Å². The Morgan fingerprint density at radius 2 is 1.69 bits per heavy atom. The zero-order valence-corrected chi connectivity index (χ0v) is 18.2. The Balaban J connectivity index is 1.75. The lowest BCUT2D eigenvalue weighted by molar-refractivity contribution is 0.0714. The zero-order valence-electron chi connectivity index (χ0n) is 18.2. The van der Waals surface area contributed by atoms with Gasteiger partial charge in [-0.25, -0.2) is 0 Å². The van der Waals surface area contributed by atoms with E-state index in [0.717, 1.165) is 22.3 Å². The topological polar surface area (TPSA) is 70.8 Å². The molecule has 0 saturated heterocycles. The molecule has 1 N–H and O–H groups in total. The highest BCUT2D eigenvalue weighted by Gasteiger charge is 2.43. The van der Waals surface area contributed by atoms with Gasteiger partial charge >= 0.3 is 0 Å². The Morgan fingerprint density at radius 1 is 0.938 bits per heavy atom. The van der Waals surface area contributed by atoms with E-state index in [1.54, 1.807) is 29.2 Å². The van der Waals surface area contributed by atoms with Crippen LogP contribution in [0.3, 0.4) is 0 Å². The van der Waals surface area contributed by atoms with Crippen molar-refractivity contribution in [1.82, 2.24) is 4.90 Å². The van der Waals surface area contributed by atoms with Crippen molar-refractivity contribution in [1.29, 1.82) is 0 Å². The first-order chi connectivity index (χ1) is 15.3. The van der Waals surface area contributed by atoms with E-state index in [4.69, 9.17) is 4.42 Å². The maximum absolute atomic E-state index is 13.7. The summed E-state index contributed by atoms with van der Waals surface area (Å²) in [5.41, 5.74) is 5.07. The highest BCUT2D eigenvalue weighted by molar-refractivity contribution is 5.99. The van der Waals surface area contributed by atoms with Gasteiger partial charge in [0.2, 0.25) is 5.76 Å². The molecule has 0 bridgehead atoms. The fraction of sp³-hybridized carbons (Fsp3) is 0.185. The number of carbonyl (C=O) groups excluding carboxylic acids is 1. The van der Waals surface area contributed by atoms with Crippen LogP contribution in [0.25, 0.3) is 11.0 Å². The highest BCUT2D eigenvalue weighted by Crippen LogP contribution is 2.40. The summed E-state index contributed by atoms with van der Waals surface area (Å²) in [5, 5.41) is 10.6. The fourth-order valence-electron chi connectivity index (χ4n) is 4.61. The molecule has 5 nitrogen and oxygen atoms in total. The molecule has 32 heavy (non-hydrogen) atoms. The molecule has 1 aliphatic rings. The molecular weight excluding hydrogens is 402 g/mol. The number of amides is 1. The second-order valence-corrected chi connectivity index (χ2v) is 8.55. The molecule has 0 aliphatic carbocycles. The van der Waals surface area contributed by atoms with E-state index in [1.165, 1.54) is 0 Å². The third kappa shape index (κ3) is 3.17. The average molecular weight is 425 g/mol. The van der Waals surface area contributed by atoms with Crippen molar-refractivity contribution < 1.29 is 14.3 Å². The minimum atomic E-state index is -0.646. The molecule has 0 radical (unpaired) electrons. The normalized spacial score (nSPS) is 15.4. The Labute approximate surface area is 185 Å². The molecule has 2 heterocycles. The van der Waals surface area contributed by atoms with Crippen LogP contribution in [0.15, 0.2) is 69.9 Å².